The number of nitrogens with zero attached hydrogens (tertiary/aromatic N) is 3. The molecule has 1 aromatic carbocycles. The zero-order valence-electron chi connectivity index (χ0n) is 18.6. The van der Waals surface area contributed by atoms with Crippen molar-refractivity contribution in [1.29, 1.82) is 0 Å². The van der Waals surface area contributed by atoms with Crippen LogP contribution in [0.4, 0.5) is 0 Å². The summed E-state index contributed by atoms with van der Waals surface area (Å²) in [7, 11) is 0. The Morgan fingerprint density at radius 3 is 2.76 bits per heavy atom. The molecule has 0 amide bonds. The summed E-state index contributed by atoms with van der Waals surface area (Å²) in [5, 5.41) is 3.05. The fourth-order valence-corrected chi connectivity index (χ4v) is 6.16. The maximum atomic E-state index is 13.7. The van der Waals surface area contributed by atoms with Gasteiger partial charge in [0.2, 0.25) is 0 Å². The first-order valence-electron chi connectivity index (χ1n) is 10.8. The van der Waals surface area contributed by atoms with Gasteiger partial charge in [0.15, 0.2) is 4.80 Å². The fraction of sp³-hybridized carbons (Fsp3) is 0.240. The van der Waals surface area contributed by atoms with Crippen molar-refractivity contribution >= 4 is 45.6 Å². The zero-order valence-corrected chi connectivity index (χ0v) is 20.2. The van der Waals surface area contributed by atoms with Crippen LogP contribution in [0, 0.1) is 0 Å². The van der Waals surface area contributed by atoms with E-state index in [4.69, 9.17) is 4.74 Å². The third-order valence-electron chi connectivity index (χ3n) is 5.78. The van der Waals surface area contributed by atoms with Crippen LogP contribution in [-0.2, 0) is 16.1 Å². The Kier molecular flexibility index (Phi) is 5.64. The van der Waals surface area contributed by atoms with Crippen molar-refractivity contribution in [3.63, 3.8) is 0 Å². The van der Waals surface area contributed by atoms with Crippen molar-refractivity contribution in [3.8, 4) is 0 Å². The standard InChI is InChI=1S/C25H23N3O3S2/c1-4-27-14-16(17-9-6-7-10-18(17)27)13-20-23(29)28-22(19-11-8-12-32-19)21(24(30)31-5-2)15(3)26-25(28)33-20/h6-14,22H,4-5H2,1-3H3/b20-13-/t22-/m0/s1. The Balaban J connectivity index is 1.74. The Morgan fingerprint density at radius 2 is 2.03 bits per heavy atom. The summed E-state index contributed by atoms with van der Waals surface area (Å²) in [6.07, 6.45) is 4.02. The van der Waals surface area contributed by atoms with Crippen LogP contribution in [-0.4, -0.2) is 21.7 Å². The second kappa shape index (κ2) is 8.61. The Labute approximate surface area is 198 Å². The molecule has 8 heteroatoms. The molecule has 33 heavy (non-hydrogen) atoms. The predicted molar refractivity (Wildman–Crippen MR) is 132 cm³/mol. The molecule has 1 aliphatic rings. The average Bonchev–Trinajstić information content (AvgIpc) is 3.52. The molecule has 5 rings (SSSR count). The summed E-state index contributed by atoms with van der Waals surface area (Å²) in [4.78, 5) is 32.7. The molecular formula is C25H23N3O3S2. The number of benzene rings is 1. The topological polar surface area (TPSA) is 65.6 Å². The van der Waals surface area contributed by atoms with Crippen molar-refractivity contribution in [2.75, 3.05) is 6.61 Å². The van der Waals surface area contributed by atoms with Crippen LogP contribution in [0.25, 0.3) is 17.0 Å². The lowest BCUT2D eigenvalue weighted by Gasteiger charge is -2.23. The molecule has 0 spiro atoms. The molecule has 4 aromatic rings. The maximum absolute atomic E-state index is 13.7. The molecule has 0 radical (unpaired) electrons. The Hall–Kier alpha value is -3.23. The molecule has 0 saturated carbocycles. The van der Waals surface area contributed by atoms with Gasteiger partial charge in [-0.15, -0.1) is 11.3 Å². The molecular weight excluding hydrogens is 454 g/mol. The monoisotopic (exact) mass is 477 g/mol. The quantitative estimate of drug-likeness (QED) is 0.410. The third kappa shape index (κ3) is 3.59. The van der Waals surface area contributed by atoms with Gasteiger partial charge in [0.05, 0.1) is 22.4 Å². The highest BCUT2D eigenvalue weighted by Crippen LogP contribution is 2.33. The van der Waals surface area contributed by atoms with Gasteiger partial charge < -0.3 is 9.30 Å². The van der Waals surface area contributed by atoms with E-state index in [1.54, 1.807) is 18.4 Å². The van der Waals surface area contributed by atoms with E-state index >= 15 is 0 Å². The summed E-state index contributed by atoms with van der Waals surface area (Å²) >= 11 is 2.86. The van der Waals surface area contributed by atoms with E-state index in [1.807, 2.05) is 35.7 Å². The molecule has 0 N–H and O–H groups in total. The molecule has 3 aromatic heterocycles. The SMILES string of the molecule is CCOC(=O)C1=C(C)N=c2s/c(=C\c3cn(CC)c4ccccc34)c(=O)n2[C@H]1c1cccs1. The molecule has 4 heterocycles. The summed E-state index contributed by atoms with van der Waals surface area (Å²) in [6, 6.07) is 11.5. The summed E-state index contributed by atoms with van der Waals surface area (Å²) in [6.45, 7) is 6.79. The summed E-state index contributed by atoms with van der Waals surface area (Å²) < 4.78 is 9.73. The number of allylic oxidation sites excluding steroid dienone is 1. The van der Waals surface area contributed by atoms with Crippen LogP contribution in [0.2, 0.25) is 0 Å². The van der Waals surface area contributed by atoms with Crippen LogP contribution in [0.3, 0.4) is 0 Å². The Bertz CT molecular complexity index is 1570. The lowest BCUT2D eigenvalue weighted by Crippen LogP contribution is -2.39. The van der Waals surface area contributed by atoms with Gasteiger partial charge in [-0.1, -0.05) is 35.6 Å². The van der Waals surface area contributed by atoms with Gasteiger partial charge in [-0.2, -0.15) is 0 Å². The van der Waals surface area contributed by atoms with E-state index in [0.29, 0.717) is 20.6 Å². The minimum Gasteiger partial charge on any atom is -0.463 e. The van der Waals surface area contributed by atoms with E-state index < -0.39 is 12.0 Å². The number of hydrogen-bond acceptors (Lipinski definition) is 6. The number of hydrogen-bond donors (Lipinski definition) is 0. The number of ether oxygens (including phenoxy) is 1. The first-order chi connectivity index (χ1) is 16.0. The van der Waals surface area contributed by atoms with Crippen LogP contribution >= 0.6 is 22.7 Å². The fourth-order valence-electron chi connectivity index (χ4n) is 4.30. The number of fused-ring (bicyclic) bond motifs is 2. The highest BCUT2D eigenvalue weighted by molar-refractivity contribution is 7.10. The molecule has 0 saturated heterocycles. The summed E-state index contributed by atoms with van der Waals surface area (Å²) in [5.74, 6) is -0.433. The minimum absolute atomic E-state index is 0.153. The van der Waals surface area contributed by atoms with E-state index in [-0.39, 0.29) is 12.2 Å². The number of thiazole rings is 1. The van der Waals surface area contributed by atoms with Crippen molar-refractivity contribution in [2.45, 2.75) is 33.4 Å². The lowest BCUT2D eigenvalue weighted by molar-refractivity contribution is -0.139. The molecule has 0 bridgehead atoms. The molecule has 168 valence electrons. The third-order valence-corrected chi connectivity index (χ3v) is 7.68. The number of aryl methyl sites for hydroxylation is 1. The summed E-state index contributed by atoms with van der Waals surface area (Å²) in [5.41, 5.74) is 2.98. The van der Waals surface area contributed by atoms with E-state index in [2.05, 4.69) is 34.8 Å². The number of thiophene rings is 1. The van der Waals surface area contributed by atoms with Gasteiger partial charge in [-0.25, -0.2) is 9.79 Å². The lowest BCUT2D eigenvalue weighted by atomic mass is 10.0. The maximum Gasteiger partial charge on any atom is 0.338 e. The van der Waals surface area contributed by atoms with Gasteiger partial charge >= 0.3 is 5.97 Å². The van der Waals surface area contributed by atoms with Crippen molar-refractivity contribution < 1.29 is 9.53 Å². The Morgan fingerprint density at radius 1 is 1.21 bits per heavy atom. The molecule has 6 nitrogen and oxygen atoms in total. The van der Waals surface area contributed by atoms with Crippen LogP contribution in [0.1, 0.15) is 37.3 Å². The average molecular weight is 478 g/mol. The molecule has 0 aliphatic carbocycles. The molecule has 1 aliphatic heterocycles. The zero-order chi connectivity index (χ0) is 23.1. The van der Waals surface area contributed by atoms with Gasteiger partial charge in [-0.05, 0) is 44.4 Å². The first-order valence-corrected chi connectivity index (χ1v) is 12.5. The smallest absolute Gasteiger partial charge is 0.338 e. The van der Waals surface area contributed by atoms with Gasteiger partial charge in [0.25, 0.3) is 5.56 Å². The second-order valence-electron chi connectivity index (χ2n) is 7.71. The number of para-hydroxylation sites is 1. The highest BCUT2D eigenvalue weighted by atomic mass is 32.1. The molecule has 1 atom stereocenters. The number of carbonyl (C=O) groups excluding carboxylic acids is 1. The number of rotatable bonds is 5. The van der Waals surface area contributed by atoms with Gasteiger partial charge in [0.1, 0.15) is 6.04 Å². The number of carbonyl (C=O) groups is 1. The van der Waals surface area contributed by atoms with Crippen LogP contribution in [0.5, 0.6) is 0 Å². The van der Waals surface area contributed by atoms with E-state index in [1.165, 1.54) is 22.7 Å². The minimum atomic E-state index is -0.542. The second-order valence-corrected chi connectivity index (χ2v) is 9.69. The van der Waals surface area contributed by atoms with Gasteiger partial charge in [-0.3, -0.25) is 9.36 Å². The normalized spacial score (nSPS) is 16.2. The van der Waals surface area contributed by atoms with E-state index in [0.717, 1.165) is 27.9 Å². The molecule has 0 unspecified atom stereocenters. The first kappa shape index (κ1) is 21.6. The number of esters is 1. The van der Waals surface area contributed by atoms with Crippen molar-refractivity contribution in [2.24, 2.45) is 4.99 Å². The van der Waals surface area contributed by atoms with Crippen molar-refractivity contribution in [1.82, 2.24) is 9.13 Å². The van der Waals surface area contributed by atoms with Crippen LogP contribution in [0.15, 0.2) is 69.0 Å². The predicted octanol–water partition coefficient (Wildman–Crippen LogP) is 3.83. The van der Waals surface area contributed by atoms with E-state index in [9.17, 15) is 9.59 Å². The van der Waals surface area contributed by atoms with Gasteiger partial charge in [0, 0.05) is 34.1 Å². The molecule has 0 fully saturated rings. The van der Waals surface area contributed by atoms with Crippen molar-refractivity contribution in [3.05, 3.63) is 89.4 Å². The number of aromatic nitrogens is 2. The van der Waals surface area contributed by atoms with Crippen LogP contribution < -0.4 is 14.9 Å². The largest absolute Gasteiger partial charge is 0.463 e. The highest BCUT2D eigenvalue weighted by Gasteiger charge is 2.33.